The average molecular weight is 287 g/mol. The highest BCUT2D eigenvalue weighted by Crippen LogP contribution is 2.22. The second kappa shape index (κ2) is 5.17. The third-order valence-electron chi connectivity index (χ3n) is 3.20. The van der Waals surface area contributed by atoms with Gasteiger partial charge < -0.3 is 15.5 Å². The molecule has 1 unspecified atom stereocenters. The molecular formula is C10H17N5O3S. The van der Waals surface area contributed by atoms with Gasteiger partial charge in [-0.05, 0) is 12.8 Å². The molecule has 1 aromatic heterocycles. The van der Waals surface area contributed by atoms with Crippen LogP contribution in [0.3, 0.4) is 0 Å². The van der Waals surface area contributed by atoms with Crippen molar-refractivity contribution in [3.63, 3.8) is 0 Å². The molecule has 3 N–H and O–H groups in total. The van der Waals surface area contributed by atoms with E-state index < -0.39 is 10.0 Å². The molecule has 0 saturated carbocycles. The molecule has 9 heteroatoms. The maximum Gasteiger partial charge on any atom is 0.262 e. The van der Waals surface area contributed by atoms with Gasteiger partial charge in [-0.1, -0.05) is 5.16 Å². The van der Waals surface area contributed by atoms with Gasteiger partial charge in [-0.3, -0.25) is 0 Å². The van der Waals surface area contributed by atoms with Crippen LogP contribution < -0.4 is 5.73 Å². The molecule has 0 bridgehead atoms. The van der Waals surface area contributed by atoms with Crippen molar-refractivity contribution in [3.8, 4) is 0 Å². The first-order chi connectivity index (χ1) is 8.95. The lowest BCUT2D eigenvalue weighted by atomic mass is 9.99. The Morgan fingerprint density at radius 3 is 2.95 bits per heavy atom. The van der Waals surface area contributed by atoms with Crippen LogP contribution in [0.2, 0.25) is 0 Å². The minimum atomic E-state index is -3.61. The number of nitrogens with two attached hydrogens (primary N) is 1. The average Bonchev–Trinajstić information content (AvgIpc) is 2.85. The van der Waals surface area contributed by atoms with E-state index in [4.69, 9.17) is 10.9 Å². The van der Waals surface area contributed by atoms with Crippen LogP contribution in [-0.2, 0) is 17.1 Å². The summed E-state index contributed by atoms with van der Waals surface area (Å²) in [6, 6.07) is 0. The number of aryl methyl sites for hydroxylation is 1. The lowest BCUT2D eigenvalue weighted by Gasteiger charge is -2.30. The minimum absolute atomic E-state index is 0.0233. The van der Waals surface area contributed by atoms with Crippen LogP contribution >= 0.6 is 0 Å². The Bertz CT molecular complexity index is 580. The van der Waals surface area contributed by atoms with E-state index in [2.05, 4.69) is 10.1 Å². The highest BCUT2D eigenvalue weighted by molar-refractivity contribution is 7.89. The van der Waals surface area contributed by atoms with Crippen LogP contribution in [-0.4, -0.2) is 46.4 Å². The molecular weight excluding hydrogens is 270 g/mol. The van der Waals surface area contributed by atoms with Crippen molar-refractivity contribution in [2.45, 2.75) is 17.9 Å². The first kappa shape index (κ1) is 13.8. The van der Waals surface area contributed by atoms with Gasteiger partial charge in [0.25, 0.3) is 10.0 Å². The number of rotatable bonds is 3. The summed E-state index contributed by atoms with van der Waals surface area (Å²) in [5.41, 5.74) is 5.55. The normalized spacial score (nSPS) is 22.6. The fraction of sp³-hybridized carbons (Fsp3) is 0.600. The predicted octanol–water partition coefficient (Wildman–Crippen LogP) is -0.433. The molecule has 106 valence electrons. The molecule has 0 radical (unpaired) electrons. The molecule has 0 aromatic carbocycles. The Labute approximate surface area is 111 Å². The summed E-state index contributed by atoms with van der Waals surface area (Å²) in [6.07, 6.45) is 4.29. The summed E-state index contributed by atoms with van der Waals surface area (Å²) in [5.74, 6) is -0.182. The standard InChI is InChI=1S/C10H17N5O3S/c1-14-6-9(12-7-14)19(17,18)15-4-2-3-8(5-15)10(11)13-16/h6-8,16H,2-5H2,1H3,(H2,11,13). The van der Waals surface area contributed by atoms with Crippen LogP contribution in [0.25, 0.3) is 0 Å². The number of oxime groups is 1. The van der Waals surface area contributed by atoms with Crippen molar-refractivity contribution in [2.75, 3.05) is 13.1 Å². The zero-order valence-electron chi connectivity index (χ0n) is 10.6. The number of amidine groups is 1. The highest BCUT2D eigenvalue weighted by atomic mass is 32.2. The van der Waals surface area contributed by atoms with Crippen LogP contribution in [0.1, 0.15) is 12.8 Å². The zero-order valence-corrected chi connectivity index (χ0v) is 11.4. The van der Waals surface area contributed by atoms with Gasteiger partial charge in [0.15, 0.2) is 5.03 Å². The van der Waals surface area contributed by atoms with Crippen molar-refractivity contribution in [1.82, 2.24) is 13.9 Å². The second-order valence-electron chi connectivity index (χ2n) is 4.60. The molecule has 2 heterocycles. The summed E-state index contributed by atoms with van der Waals surface area (Å²) < 4.78 is 27.6. The number of piperidine rings is 1. The molecule has 1 aliphatic heterocycles. The number of aromatic nitrogens is 2. The SMILES string of the molecule is Cn1cnc(S(=O)(=O)N2CCCC(C(N)=NO)C2)c1. The van der Waals surface area contributed by atoms with Crippen LogP contribution in [0, 0.1) is 5.92 Å². The van der Waals surface area contributed by atoms with Gasteiger partial charge in [-0.25, -0.2) is 13.4 Å². The summed E-state index contributed by atoms with van der Waals surface area (Å²) in [6.45, 7) is 0.642. The summed E-state index contributed by atoms with van der Waals surface area (Å²) in [5, 5.41) is 11.7. The van der Waals surface area contributed by atoms with E-state index in [-0.39, 0.29) is 23.3 Å². The van der Waals surface area contributed by atoms with Gasteiger partial charge in [-0.15, -0.1) is 0 Å². The fourth-order valence-corrected chi connectivity index (χ4v) is 3.63. The summed E-state index contributed by atoms with van der Waals surface area (Å²) in [7, 11) is -1.90. The van der Waals surface area contributed by atoms with Crippen molar-refractivity contribution in [1.29, 1.82) is 0 Å². The molecule has 1 saturated heterocycles. The molecule has 1 aromatic rings. The smallest absolute Gasteiger partial charge is 0.262 e. The molecule has 8 nitrogen and oxygen atoms in total. The third kappa shape index (κ3) is 2.71. The monoisotopic (exact) mass is 287 g/mol. The van der Waals surface area contributed by atoms with Gasteiger partial charge in [0.1, 0.15) is 5.84 Å². The van der Waals surface area contributed by atoms with Crippen molar-refractivity contribution < 1.29 is 13.6 Å². The van der Waals surface area contributed by atoms with Gasteiger partial charge in [0.2, 0.25) is 0 Å². The van der Waals surface area contributed by atoms with Crippen LogP contribution in [0.4, 0.5) is 0 Å². The van der Waals surface area contributed by atoms with E-state index in [1.165, 1.54) is 16.8 Å². The molecule has 19 heavy (non-hydrogen) atoms. The van der Waals surface area contributed by atoms with Crippen LogP contribution in [0.15, 0.2) is 22.7 Å². The van der Waals surface area contributed by atoms with Crippen molar-refractivity contribution >= 4 is 15.9 Å². The number of hydrogen-bond donors (Lipinski definition) is 2. The largest absolute Gasteiger partial charge is 0.409 e. The highest BCUT2D eigenvalue weighted by Gasteiger charge is 2.33. The number of nitrogens with zero attached hydrogens (tertiary/aromatic N) is 4. The Balaban J connectivity index is 2.21. The van der Waals surface area contributed by atoms with Gasteiger partial charge >= 0.3 is 0 Å². The third-order valence-corrected chi connectivity index (χ3v) is 4.95. The van der Waals surface area contributed by atoms with Gasteiger partial charge in [0.05, 0.1) is 6.33 Å². The number of sulfonamides is 1. The van der Waals surface area contributed by atoms with Crippen molar-refractivity contribution in [2.24, 2.45) is 23.9 Å². The second-order valence-corrected chi connectivity index (χ2v) is 6.49. The van der Waals surface area contributed by atoms with Gasteiger partial charge in [0, 0.05) is 32.3 Å². The number of imidazole rings is 1. The molecule has 0 spiro atoms. The topological polar surface area (TPSA) is 114 Å². The first-order valence-electron chi connectivity index (χ1n) is 5.90. The molecule has 0 aliphatic carbocycles. The Kier molecular flexibility index (Phi) is 3.76. The minimum Gasteiger partial charge on any atom is -0.409 e. The summed E-state index contributed by atoms with van der Waals surface area (Å²) in [4.78, 5) is 3.88. The predicted molar refractivity (Wildman–Crippen MR) is 68.1 cm³/mol. The molecule has 0 amide bonds. The molecule has 1 atom stereocenters. The van der Waals surface area contributed by atoms with Crippen molar-refractivity contribution in [3.05, 3.63) is 12.5 Å². The molecule has 2 rings (SSSR count). The number of hydrogen-bond acceptors (Lipinski definition) is 5. The summed E-state index contributed by atoms with van der Waals surface area (Å²) >= 11 is 0. The van der Waals surface area contributed by atoms with E-state index in [0.717, 1.165) is 0 Å². The Morgan fingerprint density at radius 1 is 1.63 bits per heavy atom. The fourth-order valence-electron chi connectivity index (χ4n) is 2.14. The Hall–Kier alpha value is -1.61. The first-order valence-corrected chi connectivity index (χ1v) is 7.34. The van der Waals surface area contributed by atoms with E-state index in [0.29, 0.717) is 19.4 Å². The maximum absolute atomic E-state index is 12.4. The lowest BCUT2D eigenvalue weighted by Crippen LogP contribution is -2.44. The zero-order chi connectivity index (χ0) is 14.0. The van der Waals surface area contributed by atoms with E-state index in [9.17, 15) is 8.42 Å². The van der Waals surface area contributed by atoms with Crippen LogP contribution in [0.5, 0.6) is 0 Å². The molecule has 1 aliphatic rings. The van der Waals surface area contributed by atoms with Gasteiger partial charge in [-0.2, -0.15) is 4.31 Å². The quantitative estimate of drug-likeness (QED) is 0.339. The van der Waals surface area contributed by atoms with E-state index in [1.807, 2.05) is 0 Å². The van der Waals surface area contributed by atoms with E-state index in [1.54, 1.807) is 11.6 Å². The Morgan fingerprint density at radius 2 is 2.37 bits per heavy atom. The lowest BCUT2D eigenvalue weighted by molar-refractivity contribution is 0.287. The maximum atomic E-state index is 12.4. The molecule has 1 fully saturated rings. The van der Waals surface area contributed by atoms with E-state index >= 15 is 0 Å².